The number of aliphatic hydroxyl groups excluding tert-OH is 1. The van der Waals surface area contributed by atoms with Gasteiger partial charge in [0.1, 0.15) is 5.02 Å². The van der Waals surface area contributed by atoms with Crippen molar-refractivity contribution in [2.24, 2.45) is 5.92 Å². The molecular formula is C12H15ClN2O4. The highest BCUT2D eigenvalue weighted by Gasteiger charge is 2.17. The molecule has 1 unspecified atom stereocenters. The first kappa shape index (κ1) is 15.4. The van der Waals surface area contributed by atoms with Gasteiger partial charge in [-0.05, 0) is 18.1 Å². The molecule has 1 rings (SSSR count). The molecule has 1 aromatic rings. The van der Waals surface area contributed by atoms with Crippen LogP contribution in [0.25, 0.3) is 0 Å². The lowest BCUT2D eigenvalue weighted by Gasteiger charge is -2.15. The van der Waals surface area contributed by atoms with Gasteiger partial charge in [0, 0.05) is 18.2 Å². The van der Waals surface area contributed by atoms with Crippen molar-refractivity contribution < 1.29 is 14.8 Å². The summed E-state index contributed by atoms with van der Waals surface area (Å²) in [5.74, 6) is -0.473. The van der Waals surface area contributed by atoms with Crippen molar-refractivity contribution in [3.05, 3.63) is 38.9 Å². The van der Waals surface area contributed by atoms with E-state index in [1.165, 1.54) is 12.1 Å². The number of nitro benzene ring substituents is 1. The lowest BCUT2D eigenvalue weighted by Crippen LogP contribution is -2.34. The highest BCUT2D eigenvalue weighted by molar-refractivity contribution is 6.32. The zero-order valence-electron chi connectivity index (χ0n) is 10.6. The number of nitrogens with zero attached hydrogens (tertiary/aromatic N) is 1. The molecule has 0 heterocycles. The summed E-state index contributed by atoms with van der Waals surface area (Å²) >= 11 is 5.65. The first-order chi connectivity index (χ1) is 8.82. The summed E-state index contributed by atoms with van der Waals surface area (Å²) in [4.78, 5) is 21.8. The number of halogens is 1. The zero-order chi connectivity index (χ0) is 14.6. The van der Waals surface area contributed by atoms with Crippen LogP contribution in [0.15, 0.2) is 18.2 Å². The minimum absolute atomic E-state index is 0.0138. The van der Waals surface area contributed by atoms with Crippen molar-refractivity contribution >= 4 is 23.2 Å². The Bertz CT molecular complexity index is 491. The summed E-state index contributed by atoms with van der Waals surface area (Å²) in [5, 5.41) is 22.8. The number of hydrogen-bond donors (Lipinski definition) is 2. The van der Waals surface area contributed by atoms with E-state index in [9.17, 15) is 20.0 Å². The Morgan fingerprint density at radius 1 is 1.53 bits per heavy atom. The predicted molar refractivity (Wildman–Crippen MR) is 71.3 cm³/mol. The Hall–Kier alpha value is -1.66. The average molecular weight is 287 g/mol. The van der Waals surface area contributed by atoms with Crippen LogP contribution in [0.1, 0.15) is 24.2 Å². The molecule has 1 atom stereocenters. The molecule has 0 aromatic heterocycles. The number of nitro groups is 1. The van der Waals surface area contributed by atoms with E-state index >= 15 is 0 Å². The van der Waals surface area contributed by atoms with Crippen molar-refractivity contribution in [1.82, 2.24) is 5.32 Å². The fourth-order valence-corrected chi connectivity index (χ4v) is 1.52. The van der Waals surface area contributed by atoms with Gasteiger partial charge in [-0.25, -0.2) is 0 Å². The van der Waals surface area contributed by atoms with Crippen LogP contribution in [0.3, 0.4) is 0 Å². The molecule has 0 saturated heterocycles. The normalized spacial score (nSPS) is 12.3. The smallest absolute Gasteiger partial charge is 0.288 e. The molecule has 1 aromatic carbocycles. The van der Waals surface area contributed by atoms with E-state index in [1.807, 2.05) is 13.8 Å². The van der Waals surface area contributed by atoms with Crippen LogP contribution in [0.2, 0.25) is 5.02 Å². The number of amides is 1. The summed E-state index contributed by atoms with van der Waals surface area (Å²) in [5.41, 5.74) is -0.189. The van der Waals surface area contributed by atoms with Gasteiger partial charge in [-0.15, -0.1) is 0 Å². The molecule has 0 bridgehead atoms. The SMILES string of the molecule is CC(C)C(O)CNC(=O)c1ccc(Cl)c([N+](=O)[O-])c1. The molecule has 1 amide bonds. The van der Waals surface area contributed by atoms with Gasteiger partial charge in [-0.1, -0.05) is 25.4 Å². The largest absolute Gasteiger partial charge is 0.391 e. The minimum atomic E-state index is -0.661. The molecule has 0 aliphatic carbocycles. The number of rotatable bonds is 5. The Balaban J connectivity index is 2.78. The van der Waals surface area contributed by atoms with Crippen LogP contribution in [0.4, 0.5) is 5.69 Å². The van der Waals surface area contributed by atoms with Gasteiger partial charge in [0.05, 0.1) is 11.0 Å². The quantitative estimate of drug-likeness (QED) is 0.639. The first-order valence-corrected chi connectivity index (χ1v) is 6.11. The van der Waals surface area contributed by atoms with Crippen LogP contribution in [0.5, 0.6) is 0 Å². The molecule has 19 heavy (non-hydrogen) atoms. The van der Waals surface area contributed by atoms with Gasteiger partial charge in [0.15, 0.2) is 0 Å². The van der Waals surface area contributed by atoms with Crippen molar-refractivity contribution in [2.45, 2.75) is 20.0 Å². The van der Waals surface area contributed by atoms with Gasteiger partial charge in [0.2, 0.25) is 0 Å². The highest BCUT2D eigenvalue weighted by atomic mass is 35.5. The van der Waals surface area contributed by atoms with E-state index in [1.54, 1.807) is 0 Å². The summed E-state index contributed by atoms with van der Waals surface area (Å²) < 4.78 is 0. The van der Waals surface area contributed by atoms with E-state index in [0.717, 1.165) is 6.07 Å². The maximum Gasteiger partial charge on any atom is 0.288 e. The third-order valence-corrected chi connectivity index (χ3v) is 2.97. The second-order valence-corrected chi connectivity index (χ2v) is 4.85. The molecule has 2 N–H and O–H groups in total. The van der Waals surface area contributed by atoms with E-state index < -0.39 is 16.9 Å². The Labute approximate surface area is 115 Å². The molecule has 0 aliphatic rings. The number of hydrogen-bond acceptors (Lipinski definition) is 4. The molecule has 0 saturated carbocycles. The Kier molecular flexibility index (Phi) is 5.26. The van der Waals surface area contributed by atoms with Crippen LogP contribution in [0, 0.1) is 16.0 Å². The minimum Gasteiger partial charge on any atom is -0.391 e. The molecule has 7 heteroatoms. The van der Waals surface area contributed by atoms with Crippen molar-refractivity contribution in [3.8, 4) is 0 Å². The maximum absolute atomic E-state index is 11.8. The second-order valence-electron chi connectivity index (χ2n) is 4.44. The van der Waals surface area contributed by atoms with E-state index in [-0.39, 0.29) is 28.7 Å². The molecule has 0 radical (unpaired) electrons. The van der Waals surface area contributed by atoms with Crippen LogP contribution in [-0.2, 0) is 0 Å². The lowest BCUT2D eigenvalue weighted by atomic mass is 10.1. The van der Waals surface area contributed by atoms with Gasteiger partial charge in [0.25, 0.3) is 11.6 Å². The monoisotopic (exact) mass is 286 g/mol. The van der Waals surface area contributed by atoms with E-state index in [2.05, 4.69) is 5.32 Å². The van der Waals surface area contributed by atoms with Crippen LogP contribution < -0.4 is 5.32 Å². The molecular weight excluding hydrogens is 272 g/mol. The van der Waals surface area contributed by atoms with Crippen molar-refractivity contribution in [3.63, 3.8) is 0 Å². The summed E-state index contributed by atoms with van der Waals surface area (Å²) in [7, 11) is 0. The number of carbonyl (C=O) groups is 1. The number of benzene rings is 1. The Morgan fingerprint density at radius 3 is 2.68 bits per heavy atom. The summed E-state index contributed by atoms with van der Waals surface area (Å²) in [6.45, 7) is 3.74. The molecule has 0 fully saturated rings. The zero-order valence-corrected chi connectivity index (χ0v) is 11.3. The van der Waals surface area contributed by atoms with Crippen LogP contribution >= 0.6 is 11.6 Å². The standard InChI is InChI=1S/C12H15ClN2O4/c1-7(2)11(16)6-14-12(17)8-3-4-9(13)10(5-8)15(18)19/h3-5,7,11,16H,6H2,1-2H3,(H,14,17). The fourth-order valence-electron chi connectivity index (χ4n) is 1.33. The van der Waals surface area contributed by atoms with E-state index in [4.69, 9.17) is 11.6 Å². The fraction of sp³-hybridized carbons (Fsp3) is 0.417. The van der Waals surface area contributed by atoms with Crippen LogP contribution in [-0.4, -0.2) is 28.6 Å². The van der Waals surface area contributed by atoms with Gasteiger partial charge in [-0.2, -0.15) is 0 Å². The highest BCUT2D eigenvalue weighted by Crippen LogP contribution is 2.24. The first-order valence-electron chi connectivity index (χ1n) is 5.73. The van der Waals surface area contributed by atoms with Gasteiger partial charge >= 0.3 is 0 Å². The number of aliphatic hydroxyl groups is 1. The second kappa shape index (κ2) is 6.49. The third kappa shape index (κ3) is 4.18. The van der Waals surface area contributed by atoms with Gasteiger partial charge < -0.3 is 10.4 Å². The molecule has 0 spiro atoms. The maximum atomic E-state index is 11.8. The molecule has 104 valence electrons. The number of nitrogens with one attached hydrogen (secondary N) is 1. The molecule has 0 aliphatic heterocycles. The van der Waals surface area contributed by atoms with E-state index in [0.29, 0.717) is 0 Å². The van der Waals surface area contributed by atoms with Gasteiger partial charge in [-0.3, -0.25) is 14.9 Å². The average Bonchev–Trinajstić information content (AvgIpc) is 2.35. The summed E-state index contributed by atoms with van der Waals surface area (Å²) in [6, 6.07) is 3.80. The van der Waals surface area contributed by atoms with Crippen molar-refractivity contribution in [1.29, 1.82) is 0 Å². The Morgan fingerprint density at radius 2 is 2.16 bits per heavy atom. The number of carbonyl (C=O) groups excluding carboxylic acids is 1. The topological polar surface area (TPSA) is 92.5 Å². The predicted octanol–water partition coefficient (Wildman–Crippen LogP) is 1.99. The lowest BCUT2D eigenvalue weighted by molar-refractivity contribution is -0.384. The molecule has 6 nitrogen and oxygen atoms in total. The third-order valence-electron chi connectivity index (χ3n) is 2.65. The van der Waals surface area contributed by atoms with Crippen molar-refractivity contribution in [2.75, 3.05) is 6.54 Å². The summed E-state index contributed by atoms with van der Waals surface area (Å²) in [6.07, 6.45) is -0.661.